The van der Waals surface area contributed by atoms with Crippen molar-refractivity contribution in [2.75, 3.05) is 20.1 Å². The lowest BCUT2D eigenvalue weighted by Crippen LogP contribution is -2.48. The van der Waals surface area contributed by atoms with Crippen molar-refractivity contribution in [3.05, 3.63) is 0 Å². The lowest BCUT2D eigenvalue weighted by Gasteiger charge is -2.33. The molecule has 5 heteroatoms. The predicted octanol–water partition coefficient (Wildman–Crippen LogP) is 0.452. The molecule has 0 aromatic heterocycles. The minimum atomic E-state index is -0.873. The summed E-state index contributed by atoms with van der Waals surface area (Å²) in [5, 5.41) is 12.0. The number of carbonyl (C=O) groups is 2. The number of amides is 1. The minimum Gasteiger partial charge on any atom is -0.480 e. The zero-order chi connectivity index (χ0) is 12.0. The van der Waals surface area contributed by atoms with Gasteiger partial charge in [0.2, 0.25) is 5.91 Å². The third-order valence-electron chi connectivity index (χ3n) is 2.93. The molecule has 92 valence electrons. The lowest BCUT2D eigenvalue weighted by molar-refractivity contribution is -0.152. The number of hydrogen-bond acceptors (Lipinski definition) is 3. The number of carbonyl (C=O) groups excluding carboxylic acids is 1. The van der Waals surface area contributed by atoms with E-state index in [1.54, 1.807) is 0 Å². The highest BCUT2D eigenvalue weighted by Gasteiger charge is 2.31. The van der Waals surface area contributed by atoms with Crippen molar-refractivity contribution in [3.8, 4) is 0 Å². The van der Waals surface area contributed by atoms with Gasteiger partial charge < -0.3 is 15.3 Å². The first-order valence-electron chi connectivity index (χ1n) is 5.83. The topological polar surface area (TPSA) is 69.6 Å². The molecule has 0 aromatic carbocycles. The van der Waals surface area contributed by atoms with Crippen LogP contribution in [0.1, 0.15) is 32.1 Å². The number of nitrogens with one attached hydrogen (secondary N) is 1. The molecule has 0 aromatic rings. The predicted molar refractivity (Wildman–Crippen MR) is 60.1 cm³/mol. The van der Waals surface area contributed by atoms with Crippen LogP contribution in [0, 0.1) is 0 Å². The van der Waals surface area contributed by atoms with Gasteiger partial charge in [0.05, 0.1) is 0 Å². The third kappa shape index (κ3) is 3.48. The fraction of sp³-hybridized carbons (Fsp3) is 0.818. The van der Waals surface area contributed by atoms with Crippen LogP contribution in [0.25, 0.3) is 0 Å². The number of carboxylic acid groups (broad SMARTS) is 1. The van der Waals surface area contributed by atoms with Crippen LogP contribution in [0.5, 0.6) is 0 Å². The molecule has 0 spiro atoms. The van der Waals surface area contributed by atoms with Crippen LogP contribution in [0.15, 0.2) is 0 Å². The number of rotatable bonds is 5. The fourth-order valence-electron chi connectivity index (χ4n) is 2.05. The first-order valence-corrected chi connectivity index (χ1v) is 5.83. The Bertz CT molecular complexity index is 256. The molecule has 0 saturated carbocycles. The lowest BCUT2D eigenvalue weighted by atomic mass is 10.0. The summed E-state index contributed by atoms with van der Waals surface area (Å²) in [6.45, 7) is 1.38. The molecular formula is C11H20N2O3. The van der Waals surface area contributed by atoms with Crippen LogP contribution in [-0.2, 0) is 9.59 Å². The molecule has 0 unspecified atom stereocenters. The van der Waals surface area contributed by atoms with Gasteiger partial charge in [0.15, 0.2) is 0 Å². The summed E-state index contributed by atoms with van der Waals surface area (Å²) in [5.41, 5.74) is 0. The van der Waals surface area contributed by atoms with Gasteiger partial charge in [-0.3, -0.25) is 4.79 Å². The van der Waals surface area contributed by atoms with Crippen LogP contribution < -0.4 is 5.32 Å². The van der Waals surface area contributed by atoms with Crippen LogP contribution in [0.3, 0.4) is 0 Å². The van der Waals surface area contributed by atoms with Gasteiger partial charge in [0, 0.05) is 13.0 Å². The second-order valence-electron chi connectivity index (χ2n) is 4.14. The summed E-state index contributed by atoms with van der Waals surface area (Å²) >= 11 is 0. The van der Waals surface area contributed by atoms with Gasteiger partial charge in [-0.25, -0.2) is 4.79 Å². The molecule has 1 rings (SSSR count). The third-order valence-corrected chi connectivity index (χ3v) is 2.93. The summed E-state index contributed by atoms with van der Waals surface area (Å²) < 4.78 is 0. The van der Waals surface area contributed by atoms with Crippen molar-refractivity contribution >= 4 is 11.9 Å². The van der Waals surface area contributed by atoms with Crippen molar-refractivity contribution in [3.63, 3.8) is 0 Å². The molecule has 1 saturated heterocycles. The smallest absolute Gasteiger partial charge is 0.326 e. The van der Waals surface area contributed by atoms with Gasteiger partial charge in [-0.05, 0) is 39.3 Å². The maximum Gasteiger partial charge on any atom is 0.326 e. The summed E-state index contributed by atoms with van der Waals surface area (Å²) in [5.74, 6) is -0.899. The minimum absolute atomic E-state index is 0.0256. The highest BCUT2D eigenvalue weighted by molar-refractivity contribution is 5.83. The molecule has 16 heavy (non-hydrogen) atoms. The summed E-state index contributed by atoms with van der Waals surface area (Å²) in [6.07, 6.45) is 3.61. The maximum absolute atomic E-state index is 11.8. The van der Waals surface area contributed by atoms with E-state index in [2.05, 4.69) is 5.32 Å². The highest BCUT2D eigenvalue weighted by atomic mass is 16.4. The monoisotopic (exact) mass is 228 g/mol. The van der Waals surface area contributed by atoms with E-state index in [1.165, 1.54) is 4.90 Å². The first-order chi connectivity index (χ1) is 7.66. The molecule has 1 amide bonds. The van der Waals surface area contributed by atoms with E-state index in [0.717, 1.165) is 25.8 Å². The first kappa shape index (κ1) is 13.0. The standard InChI is InChI=1S/C11H20N2O3/c1-12-7-4-6-10(14)13-8-3-2-5-9(13)11(15)16/h9,12H,2-8H2,1H3,(H,15,16)/t9-/m1/s1. The Morgan fingerprint density at radius 2 is 2.19 bits per heavy atom. The molecule has 1 aliphatic rings. The van der Waals surface area contributed by atoms with E-state index in [0.29, 0.717) is 19.4 Å². The number of likely N-dealkylation sites (tertiary alicyclic amines) is 1. The summed E-state index contributed by atoms with van der Waals surface area (Å²) in [7, 11) is 1.84. The van der Waals surface area contributed by atoms with Crippen LogP contribution >= 0.6 is 0 Å². The summed E-state index contributed by atoms with van der Waals surface area (Å²) in [6, 6.07) is -0.601. The molecule has 0 radical (unpaired) electrons. The molecule has 2 N–H and O–H groups in total. The Morgan fingerprint density at radius 1 is 1.44 bits per heavy atom. The van der Waals surface area contributed by atoms with E-state index in [-0.39, 0.29) is 5.91 Å². The van der Waals surface area contributed by atoms with Crippen molar-refractivity contribution in [1.82, 2.24) is 10.2 Å². The highest BCUT2D eigenvalue weighted by Crippen LogP contribution is 2.18. The van der Waals surface area contributed by atoms with Crippen molar-refractivity contribution in [1.29, 1.82) is 0 Å². The largest absolute Gasteiger partial charge is 0.480 e. The van der Waals surface area contributed by atoms with E-state index in [1.807, 2.05) is 7.05 Å². The van der Waals surface area contributed by atoms with Gasteiger partial charge in [-0.1, -0.05) is 0 Å². The van der Waals surface area contributed by atoms with Gasteiger partial charge in [-0.15, -0.1) is 0 Å². The Hall–Kier alpha value is -1.10. The van der Waals surface area contributed by atoms with Gasteiger partial charge in [0.1, 0.15) is 6.04 Å². The molecule has 0 bridgehead atoms. The Kier molecular flexibility index (Phi) is 5.25. The van der Waals surface area contributed by atoms with Crippen LogP contribution in [0.4, 0.5) is 0 Å². The van der Waals surface area contributed by atoms with Gasteiger partial charge in [0.25, 0.3) is 0 Å². The molecule has 0 aliphatic carbocycles. The Labute approximate surface area is 95.8 Å². The molecule has 5 nitrogen and oxygen atoms in total. The second kappa shape index (κ2) is 6.48. The van der Waals surface area contributed by atoms with E-state index >= 15 is 0 Å². The number of nitrogens with zero attached hydrogens (tertiary/aromatic N) is 1. The zero-order valence-electron chi connectivity index (χ0n) is 9.74. The number of hydrogen-bond donors (Lipinski definition) is 2. The van der Waals surface area contributed by atoms with E-state index in [9.17, 15) is 9.59 Å². The molecule has 1 fully saturated rings. The number of aliphatic carboxylic acids is 1. The van der Waals surface area contributed by atoms with Crippen molar-refractivity contribution in [2.45, 2.75) is 38.1 Å². The SMILES string of the molecule is CNCCCC(=O)N1CCCC[C@@H]1C(=O)O. The Balaban J connectivity index is 2.47. The molecular weight excluding hydrogens is 208 g/mol. The fourth-order valence-corrected chi connectivity index (χ4v) is 2.05. The van der Waals surface area contributed by atoms with Crippen molar-refractivity contribution in [2.24, 2.45) is 0 Å². The summed E-state index contributed by atoms with van der Waals surface area (Å²) in [4.78, 5) is 24.3. The van der Waals surface area contributed by atoms with E-state index < -0.39 is 12.0 Å². The Morgan fingerprint density at radius 3 is 2.81 bits per heavy atom. The normalized spacial score (nSPS) is 20.8. The van der Waals surface area contributed by atoms with Crippen molar-refractivity contribution < 1.29 is 14.7 Å². The van der Waals surface area contributed by atoms with Crippen LogP contribution in [-0.4, -0.2) is 48.1 Å². The molecule has 1 heterocycles. The number of piperidine rings is 1. The average molecular weight is 228 g/mol. The average Bonchev–Trinajstić information content (AvgIpc) is 2.29. The van der Waals surface area contributed by atoms with E-state index in [4.69, 9.17) is 5.11 Å². The quantitative estimate of drug-likeness (QED) is 0.670. The zero-order valence-corrected chi connectivity index (χ0v) is 9.74. The number of carboxylic acids is 1. The van der Waals surface area contributed by atoms with Gasteiger partial charge in [-0.2, -0.15) is 0 Å². The van der Waals surface area contributed by atoms with Gasteiger partial charge >= 0.3 is 5.97 Å². The molecule has 1 aliphatic heterocycles. The van der Waals surface area contributed by atoms with Crippen LogP contribution in [0.2, 0.25) is 0 Å². The maximum atomic E-state index is 11.8. The molecule has 1 atom stereocenters. The second-order valence-corrected chi connectivity index (χ2v) is 4.14.